The van der Waals surface area contributed by atoms with Crippen LogP contribution >= 0.6 is 0 Å². The van der Waals surface area contributed by atoms with Crippen LogP contribution in [0.4, 0.5) is 5.69 Å². The smallest absolute Gasteiger partial charge is 0.342 e. The van der Waals surface area contributed by atoms with Crippen LogP contribution in [0.25, 0.3) is 11.0 Å². The molecule has 0 aliphatic heterocycles. The number of nitrogens with one attached hydrogen (secondary N) is 1. The summed E-state index contributed by atoms with van der Waals surface area (Å²) in [5.41, 5.74) is 2.91. The number of aryl methyl sites for hydroxylation is 2. The molecule has 4 rings (SSSR count). The summed E-state index contributed by atoms with van der Waals surface area (Å²) in [6.45, 7) is 3.69. The second kappa shape index (κ2) is 8.28. The number of carbonyl (C=O) groups is 1. The predicted octanol–water partition coefficient (Wildman–Crippen LogP) is 5.21. The lowest BCUT2D eigenvalue weighted by molar-refractivity contribution is 0.0473. The summed E-state index contributed by atoms with van der Waals surface area (Å²) >= 11 is 0. The van der Waals surface area contributed by atoms with E-state index in [2.05, 4.69) is 4.72 Å². The third-order valence-electron chi connectivity index (χ3n) is 4.86. The van der Waals surface area contributed by atoms with Crippen molar-refractivity contribution in [1.82, 2.24) is 0 Å². The Bertz CT molecular complexity index is 1340. The molecule has 4 aromatic rings. The second-order valence-corrected chi connectivity index (χ2v) is 8.91. The normalized spacial score (nSPS) is 11.4. The molecular weight excluding hydrogens is 414 g/mol. The van der Waals surface area contributed by atoms with E-state index in [0.29, 0.717) is 22.4 Å². The molecule has 0 saturated heterocycles. The van der Waals surface area contributed by atoms with E-state index in [1.165, 1.54) is 0 Å². The van der Waals surface area contributed by atoms with E-state index in [9.17, 15) is 13.2 Å². The number of hydrogen-bond donors (Lipinski definition) is 1. The first-order valence-corrected chi connectivity index (χ1v) is 11.2. The lowest BCUT2D eigenvalue weighted by Gasteiger charge is -2.09. The van der Waals surface area contributed by atoms with Gasteiger partial charge in [0.1, 0.15) is 23.5 Å². The fourth-order valence-electron chi connectivity index (χ4n) is 3.26. The second-order valence-electron chi connectivity index (χ2n) is 7.22. The van der Waals surface area contributed by atoms with Crippen molar-refractivity contribution in [2.24, 2.45) is 0 Å². The molecule has 0 radical (unpaired) electrons. The van der Waals surface area contributed by atoms with E-state index in [0.717, 1.165) is 11.1 Å². The van der Waals surface area contributed by atoms with Crippen LogP contribution in [0, 0.1) is 13.8 Å². The van der Waals surface area contributed by atoms with Gasteiger partial charge in [-0.1, -0.05) is 48.0 Å². The van der Waals surface area contributed by atoms with Crippen molar-refractivity contribution in [3.8, 4) is 0 Å². The maximum absolute atomic E-state index is 12.7. The van der Waals surface area contributed by atoms with Gasteiger partial charge in [-0.2, -0.15) is 0 Å². The minimum Gasteiger partial charge on any atom is -0.460 e. The van der Waals surface area contributed by atoms with Crippen LogP contribution in [-0.2, 0) is 21.4 Å². The number of esters is 1. The molecule has 31 heavy (non-hydrogen) atoms. The molecule has 0 saturated carbocycles. The number of rotatable bonds is 6. The van der Waals surface area contributed by atoms with Crippen molar-refractivity contribution in [2.75, 3.05) is 4.72 Å². The molecule has 1 heterocycles. The molecule has 0 aliphatic carbocycles. The fraction of sp³-hybridized carbons (Fsp3) is 0.125. The average Bonchev–Trinajstić information content (AvgIpc) is 3.08. The molecule has 6 nitrogen and oxygen atoms in total. The predicted molar refractivity (Wildman–Crippen MR) is 118 cm³/mol. The van der Waals surface area contributed by atoms with Gasteiger partial charge in [0.2, 0.25) is 0 Å². The van der Waals surface area contributed by atoms with Gasteiger partial charge < -0.3 is 9.15 Å². The Kier molecular flexibility index (Phi) is 5.52. The lowest BCUT2D eigenvalue weighted by Crippen LogP contribution is -2.13. The van der Waals surface area contributed by atoms with Crippen molar-refractivity contribution in [3.05, 3.63) is 95.2 Å². The van der Waals surface area contributed by atoms with E-state index in [1.807, 2.05) is 37.3 Å². The minimum atomic E-state index is -3.77. The van der Waals surface area contributed by atoms with Crippen molar-refractivity contribution in [3.63, 3.8) is 0 Å². The molecule has 0 bridgehead atoms. The number of furan rings is 1. The Morgan fingerprint density at radius 2 is 1.68 bits per heavy atom. The SMILES string of the molecule is Cc1ccc(S(=O)(=O)Nc2ccc3oc(C)c(C(=O)OCc4ccccc4)c3c2)cc1. The molecule has 0 fully saturated rings. The van der Waals surface area contributed by atoms with Gasteiger partial charge in [0, 0.05) is 11.1 Å². The van der Waals surface area contributed by atoms with Gasteiger partial charge in [0.15, 0.2) is 0 Å². The topological polar surface area (TPSA) is 85.6 Å². The van der Waals surface area contributed by atoms with Crippen LogP contribution in [0.5, 0.6) is 0 Å². The largest absolute Gasteiger partial charge is 0.460 e. The summed E-state index contributed by atoms with van der Waals surface area (Å²) in [6.07, 6.45) is 0. The number of carbonyl (C=O) groups excluding carboxylic acids is 1. The molecule has 0 spiro atoms. The number of fused-ring (bicyclic) bond motifs is 1. The zero-order valence-electron chi connectivity index (χ0n) is 17.1. The first-order valence-electron chi connectivity index (χ1n) is 9.67. The van der Waals surface area contributed by atoms with Gasteiger partial charge >= 0.3 is 5.97 Å². The number of sulfonamides is 1. The van der Waals surface area contributed by atoms with Crippen LogP contribution in [-0.4, -0.2) is 14.4 Å². The highest BCUT2D eigenvalue weighted by Gasteiger charge is 2.21. The fourth-order valence-corrected chi connectivity index (χ4v) is 4.31. The maximum atomic E-state index is 12.7. The highest BCUT2D eigenvalue weighted by Crippen LogP contribution is 2.30. The number of hydrogen-bond acceptors (Lipinski definition) is 5. The molecule has 158 valence electrons. The molecule has 7 heteroatoms. The van der Waals surface area contributed by atoms with Crippen LogP contribution in [0.3, 0.4) is 0 Å². The van der Waals surface area contributed by atoms with E-state index < -0.39 is 16.0 Å². The Balaban J connectivity index is 1.61. The van der Waals surface area contributed by atoms with Crippen molar-refractivity contribution in [1.29, 1.82) is 0 Å². The van der Waals surface area contributed by atoms with Crippen LogP contribution < -0.4 is 4.72 Å². The monoisotopic (exact) mass is 435 g/mol. The van der Waals surface area contributed by atoms with Crippen molar-refractivity contribution >= 4 is 32.6 Å². The molecule has 0 aliphatic rings. The number of ether oxygens (including phenoxy) is 1. The molecular formula is C24H21NO5S. The van der Waals surface area contributed by atoms with E-state index in [-0.39, 0.29) is 17.1 Å². The first kappa shape index (κ1) is 20.7. The lowest BCUT2D eigenvalue weighted by atomic mass is 10.1. The van der Waals surface area contributed by atoms with E-state index in [4.69, 9.17) is 9.15 Å². The van der Waals surface area contributed by atoms with Crippen molar-refractivity contribution < 1.29 is 22.4 Å². The van der Waals surface area contributed by atoms with Gasteiger partial charge in [-0.25, -0.2) is 13.2 Å². The Morgan fingerprint density at radius 1 is 0.968 bits per heavy atom. The third-order valence-corrected chi connectivity index (χ3v) is 6.26. The summed E-state index contributed by atoms with van der Waals surface area (Å²) in [7, 11) is -3.77. The average molecular weight is 436 g/mol. The molecule has 0 amide bonds. The van der Waals surface area contributed by atoms with E-state index >= 15 is 0 Å². The van der Waals surface area contributed by atoms with Crippen LogP contribution in [0.15, 0.2) is 82.1 Å². The summed E-state index contributed by atoms with van der Waals surface area (Å²) in [6, 6.07) is 20.7. The van der Waals surface area contributed by atoms with Gasteiger partial charge in [0.05, 0.1) is 4.90 Å². The third kappa shape index (κ3) is 4.46. The van der Waals surface area contributed by atoms with E-state index in [1.54, 1.807) is 49.4 Å². The maximum Gasteiger partial charge on any atom is 0.342 e. The van der Waals surface area contributed by atoms with Crippen molar-refractivity contribution in [2.45, 2.75) is 25.3 Å². The molecule has 0 atom stereocenters. The minimum absolute atomic E-state index is 0.130. The Labute approximate surface area is 180 Å². The Morgan fingerprint density at radius 3 is 2.39 bits per heavy atom. The Hall–Kier alpha value is -3.58. The van der Waals surface area contributed by atoms with Crippen LogP contribution in [0.1, 0.15) is 27.2 Å². The van der Waals surface area contributed by atoms with Crippen LogP contribution in [0.2, 0.25) is 0 Å². The summed E-state index contributed by atoms with van der Waals surface area (Å²) in [5.74, 6) is -0.120. The zero-order valence-corrected chi connectivity index (χ0v) is 17.9. The van der Waals surface area contributed by atoms with Gasteiger partial charge in [-0.3, -0.25) is 4.72 Å². The number of anilines is 1. The zero-order chi connectivity index (χ0) is 22.0. The highest BCUT2D eigenvalue weighted by atomic mass is 32.2. The molecule has 1 N–H and O–H groups in total. The van der Waals surface area contributed by atoms with Gasteiger partial charge in [0.25, 0.3) is 10.0 Å². The standard InChI is InChI=1S/C24H21NO5S/c1-16-8-11-20(12-9-16)31(27,28)25-19-10-13-22-21(14-19)23(17(2)30-22)24(26)29-15-18-6-4-3-5-7-18/h3-14,25H,15H2,1-2H3. The summed E-state index contributed by atoms with van der Waals surface area (Å²) < 4.78 is 39.1. The quantitative estimate of drug-likeness (QED) is 0.420. The van der Waals surface area contributed by atoms with Gasteiger partial charge in [-0.15, -0.1) is 0 Å². The summed E-state index contributed by atoms with van der Waals surface area (Å²) in [4.78, 5) is 12.9. The molecule has 1 aromatic heterocycles. The first-order chi connectivity index (χ1) is 14.8. The highest BCUT2D eigenvalue weighted by molar-refractivity contribution is 7.92. The van der Waals surface area contributed by atoms with Gasteiger partial charge in [-0.05, 0) is 49.7 Å². The number of benzene rings is 3. The molecule has 0 unspecified atom stereocenters. The molecule has 3 aromatic carbocycles. The summed E-state index contributed by atoms with van der Waals surface area (Å²) in [5, 5.41) is 0.486.